The van der Waals surface area contributed by atoms with Crippen LogP contribution in [0.2, 0.25) is 0 Å². The Balaban J connectivity index is 0. The molecule has 2 atom stereocenters. The van der Waals surface area contributed by atoms with Gasteiger partial charge in [-0.25, -0.2) is 0 Å². The number of amides is 3. The summed E-state index contributed by atoms with van der Waals surface area (Å²) in [5, 5.41) is 0.0742. The highest BCUT2D eigenvalue weighted by Crippen LogP contribution is 2.17. The topological polar surface area (TPSA) is 76.2 Å². The van der Waals surface area contributed by atoms with Crippen molar-refractivity contribution in [1.29, 1.82) is 0 Å². The number of methoxy groups -OCH3 is 1. The zero-order chi connectivity index (χ0) is 23.7. The molecule has 1 aliphatic heterocycles. The van der Waals surface area contributed by atoms with Crippen molar-refractivity contribution in [3.63, 3.8) is 0 Å². The Hall–Kier alpha value is -1.30. The third-order valence-electron chi connectivity index (χ3n) is 3.88. The van der Waals surface area contributed by atoms with Gasteiger partial charge in [0.25, 0.3) is 11.8 Å². The number of carbonyl (C=O) groups is 3. The summed E-state index contributed by atoms with van der Waals surface area (Å²) in [7, 11) is 4.44. The quantitative estimate of drug-likeness (QED) is 0.360. The van der Waals surface area contributed by atoms with Crippen LogP contribution in [0.4, 0.5) is 0 Å². The van der Waals surface area contributed by atoms with E-state index in [1.54, 1.807) is 12.0 Å². The molecule has 0 aromatic carbocycles. The summed E-state index contributed by atoms with van der Waals surface area (Å²) in [5.74, 6) is -0.274. The number of rotatable bonds is 11. The van der Waals surface area contributed by atoms with E-state index < -0.39 is 0 Å². The Bertz CT molecular complexity index is 518. The minimum absolute atomic E-state index is 0.0151. The maximum Gasteiger partial charge on any atom is 0.253 e. The highest BCUT2D eigenvalue weighted by Gasteiger charge is 2.24. The van der Waals surface area contributed by atoms with E-state index >= 15 is 0 Å². The summed E-state index contributed by atoms with van der Waals surface area (Å²) in [4.78, 5) is 37.4. The maximum atomic E-state index is 11.9. The van der Waals surface area contributed by atoms with Gasteiger partial charge in [0.15, 0.2) is 0 Å². The fourth-order valence-electron chi connectivity index (χ4n) is 2.57. The van der Waals surface area contributed by atoms with Crippen molar-refractivity contribution in [2.75, 3.05) is 46.6 Å². The Morgan fingerprint density at radius 3 is 2.10 bits per heavy atom. The van der Waals surface area contributed by atoms with E-state index in [2.05, 4.69) is 16.2 Å². The van der Waals surface area contributed by atoms with Gasteiger partial charge >= 0.3 is 0 Å². The van der Waals surface area contributed by atoms with Crippen LogP contribution in [0.15, 0.2) is 12.2 Å². The van der Waals surface area contributed by atoms with Gasteiger partial charge in [-0.3, -0.25) is 19.3 Å². The van der Waals surface area contributed by atoms with Crippen LogP contribution in [-0.4, -0.2) is 79.2 Å². The zero-order valence-electron chi connectivity index (χ0n) is 20.2. The molecule has 0 bridgehead atoms. The van der Waals surface area contributed by atoms with Gasteiger partial charge in [0.1, 0.15) is 0 Å². The molecule has 0 saturated carbocycles. The minimum atomic E-state index is -0.334. The fourth-order valence-corrected chi connectivity index (χ4v) is 2.86. The predicted molar refractivity (Wildman–Crippen MR) is 125 cm³/mol. The molecule has 0 aromatic rings. The summed E-state index contributed by atoms with van der Waals surface area (Å²) in [6.45, 7) is 17.9. The van der Waals surface area contributed by atoms with Crippen LogP contribution in [-0.2, 0) is 23.9 Å². The van der Waals surface area contributed by atoms with Gasteiger partial charge < -0.3 is 14.4 Å². The number of hydrogen-bond donors (Lipinski definition) is 0. The Morgan fingerprint density at radius 1 is 1.17 bits per heavy atom. The fraction of sp³-hybridized carbons (Fsp3) is 0.773. The van der Waals surface area contributed by atoms with E-state index in [-0.39, 0.29) is 35.8 Å². The second-order valence-corrected chi connectivity index (χ2v) is 8.86. The van der Waals surface area contributed by atoms with Crippen molar-refractivity contribution in [3.05, 3.63) is 12.2 Å². The van der Waals surface area contributed by atoms with E-state index in [9.17, 15) is 14.4 Å². The minimum Gasteiger partial charge on any atom is -0.384 e. The summed E-state index contributed by atoms with van der Waals surface area (Å²) >= 11 is 0. The Labute approximate surface area is 185 Å². The highest BCUT2D eigenvalue weighted by molar-refractivity contribution is 7.19. The van der Waals surface area contributed by atoms with Gasteiger partial charge in [0, 0.05) is 57.1 Å². The molecule has 0 fully saturated rings. The van der Waals surface area contributed by atoms with Crippen LogP contribution in [0, 0.1) is 5.92 Å². The lowest BCUT2D eigenvalue weighted by atomic mass is 10.2. The molecular formula is C22H43N2O5P. The van der Waals surface area contributed by atoms with Crippen molar-refractivity contribution in [1.82, 2.24) is 9.80 Å². The first-order chi connectivity index (χ1) is 14.1. The second kappa shape index (κ2) is 17.4. The van der Waals surface area contributed by atoms with Crippen LogP contribution in [0.5, 0.6) is 0 Å². The van der Waals surface area contributed by atoms with Crippen molar-refractivity contribution in [2.24, 2.45) is 5.92 Å². The summed E-state index contributed by atoms with van der Waals surface area (Å²) in [5.41, 5.74) is 0. The van der Waals surface area contributed by atoms with Crippen LogP contribution in [0.3, 0.4) is 0 Å². The van der Waals surface area contributed by atoms with E-state index in [0.29, 0.717) is 19.0 Å². The molecule has 8 heteroatoms. The smallest absolute Gasteiger partial charge is 0.253 e. The molecule has 0 aliphatic carbocycles. The molecule has 2 unspecified atom stereocenters. The Kier molecular flexibility index (Phi) is 17.9. The van der Waals surface area contributed by atoms with Gasteiger partial charge in [-0.05, 0) is 19.8 Å². The van der Waals surface area contributed by atoms with E-state index in [1.807, 2.05) is 41.5 Å². The number of imide groups is 1. The molecular weight excluding hydrogens is 403 g/mol. The molecule has 0 N–H and O–H groups in total. The van der Waals surface area contributed by atoms with Gasteiger partial charge in [-0.1, -0.05) is 34.6 Å². The maximum absolute atomic E-state index is 11.9. The van der Waals surface area contributed by atoms with Crippen LogP contribution in [0.25, 0.3) is 0 Å². The molecule has 0 aromatic heterocycles. The van der Waals surface area contributed by atoms with Crippen molar-refractivity contribution in [3.8, 4) is 0 Å². The first-order valence-corrected chi connectivity index (χ1v) is 11.3. The zero-order valence-corrected chi connectivity index (χ0v) is 21.3. The largest absolute Gasteiger partial charge is 0.384 e. The molecule has 1 heterocycles. The highest BCUT2D eigenvalue weighted by atomic mass is 31.0. The molecule has 0 radical (unpaired) electrons. The molecule has 30 heavy (non-hydrogen) atoms. The molecule has 176 valence electrons. The summed E-state index contributed by atoms with van der Waals surface area (Å²) in [6.07, 6.45) is 2.66. The van der Waals surface area contributed by atoms with Crippen LogP contribution < -0.4 is 0 Å². The van der Waals surface area contributed by atoms with E-state index in [4.69, 9.17) is 9.47 Å². The number of carbonyl (C=O) groups excluding carboxylic acids is 3. The number of nitrogens with zero attached hydrogens (tertiary/aromatic N) is 2. The second-order valence-electron chi connectivity index (χ2n) is 7.46. The molecule has 3 amide bonds. The van der Waals surface area contributed by atoms with Gasteiger partial charge in [-0.2, -0.15) is 0 Å². The van der Waals surface area contributed by atoms with Gasteiger partial charge in [0.05, 0.1) is 13.2 Å². The lowest BCUT2D eigenvalue weighted by molar-refractivity contribution is -0.138. The number of hydrogen-bond acceptors (Lipinski definition) is 5. The summed E-state index contributed by atoms with van der Waals surface area (Å²) < 4.78 is 10.3. The predicted octanol–water partition coefficient (Wildman–Crippen LogP) is 3.14. The molecule has 7 nitrogen and oxygen atoms in total. The molecule has 0 spiro atoms. The first kappa shape index (κ1) is 30.9. The Morgan fingerprint density at radius 2 is 1.70 bits per heavy atom. The van der Waals surface area contributed by atoms with Crippen molar-refractivity contribution >= 4 is 27.0 Å². The van der Waals surface area contributed by atoms with E-state index in [0.717, 1.165) is 24.7 Å². The third kappa shape index (κ3) is 13.8. The van der Waals surface area contributed by atoms with Crippen molar-refractivity contribution in [2.45, 2.75) is 60.0 Å². The van der Waals surface area contributed by atoms with E-state index in [1.165, 1.54) is 12.2 Å². The van der Waals surface area contributed by atoms with Gasteiger partial charge in [-0.15, -0.1) is 9.24 Å². The molecule has 1 rings (SSSR count). The average molecular weight is 447 g/mol. The lowest BCUT2D eigenvalue weighted by Crippen LogP contribution is -2.38. The monoisotopic (exact) mass is 446 g/mol. The average Bonchev–Trinajstić information content (AvgIpc) is 3.02. The van der Waals surface area contributed by atoms with Gasteiger partial charge in [0.2, 0.25) is 5.91 Å². The number of ether oxygens (including phenoxy) is 2. The van der Waals surface area contributed by atoms with Crippen LogP contribution in [0.1, 0.15) is 54.9 Å². The third-order valence-corrected chi connectivity index (χ3v) is 4.21. The summed E-state index contributed by atoms with van der Waals surface area (Å²) in [6, 6.07) is 0. The molecule has 0 saturated heterocycles. The van der Waals surface area contributed by atoms with Crippen LogP contribution >= 0.6 is 9.24 Å². The standard InChI is InChI=1S/C13H20N2O3.C7H17O2P.C2H6/c1-4-14(9-10(2)3)11(16)7-8-15-12(17)5-6-13(15)18;1-4-9-6-7(2,10)5-8-3;1-2/h5-6,10H,4,7-9H2,1-3H3;4-6,10H2,1-3H3;1-2H3. The SMILES string of the molecule is CC.CCN(CC(C)C)C(=O)CCN1C(=O)C=CC1=O.CCOCC(C)(P)COC. The first-order valence-electron chi connectivity index (χ1n) is 10.7. The molecule has 1 aliphatic rings. The normalized spacial score (nSPS) is 14.7. The van der Waals surface area contributed by atoms with Crippen molar-refractivity contribution < 1.29 is 23.9 Å². The lowest BCUT2D eigenvalue weighted by Gasteiger charge is -2.24.